The van der Waals surface area contributed by atoms with E-state index in [9.17, 15) is 23.1 Å². The van der Waals surface area contributed by atoms with Gasteiger partial charge in [-0.1, -0.05) is 12.1 Å². The second-order valence-electron chi connectivity index (χ2n) is 4.23. The zero-order valence-electron chi connectivity index (χ0n) is 10.8. The van der Waals surface area contributed by atoms with Gasteiger partial charge in [0.25, 0.3) is 0 Å². The number of nitrogens with zero attached hydrogens (tertiary/aromatic N) is 1. The van der Waals surface area contributed by atoms with Gasteiger partial charge in [0, 0.05) is 13.1 Å². The minimum absolute atomic E-state index is 0. The molecular weight excluding hydrogens is 270 g/mol. The molecule has 1 saturated heterocycles. The Labute approximate surface area is 125 Å². The van der Waals surface area contributed by atoms with Crippen LogP contribution in [0.4, 0.5) is 13.2 Å². The van der Waals surface area contributed by atoms with Gasteiger partial charge in [-0.3, -0.25) is 4.90 Å². The van der Waals surface area contributed by atoms with Gasteiger partial charge in [-0.05, 0) is 24.1 Å². The topological polar surface area (TPSA) is 52.6 Å². The van der Waals surface area contributed by atoms with Crippen LogP contribution in [0, 0.1) is 0 Å². The van der Waals surface area contributed by atoms with E-state index in [-0.39, 0.29) is 24.4 Å². The van der Waals surface area contributed by atoms with Crippen molar-refractivity contribution in [2.45, 2.75) is 18.8 Å². The summed E-state index contributed by atoms with van der Waals surface area (Å²) in [4.78, 5) is 12.7. The van der Waals surface area contributed by atoms with Crippen LogP contribution >= 0.6 is 0 Å². The monoisotopic (exact) mass is 281 g/mol. The van der Waals surface area contributed by atoms with Crippen LogP contribution in [-0.2, 0) is 4.79 Å². The van der Waals surface area contributed by atoms with Crippen molar-refractivity contribution >= 4 is 5.97 Å². The molecule has 1 fully saturated rings. The molecule has 0 radical (unpaired) electrons. The van der Waals surface area contributed by atoms with E-state index in [1.54, 1.807) is 4.90 Å². The van der Waals surface area contributed by atoms with E-state index in [2.05, 4.69) is 4.74 Å². The van der Waals surface area contributed by atoms with Gasteiger partial charge in [0.2, 0.25) is 0 Å². The van der Waals surface area contributed by atoms with Crippen LogP contribution in [0.1, 0.15) is 18.0 Å². The molecule has 0 saturated carbocycles. The van der Waals surface area contributed by atoms with Crippen molar-refractivity contribution < 1.29 is 46.7 Å². The number of ether oxygens (including phenoxy) is 1. The Morgan fingerprint density at radius 1 is 1.35 bits per heavy atom. The molecule has 0 amide bonds. The summed E-state index contributed by atoms with van der Waals surface area (Å²) in [5.41, 5.74) is 0.224. The van der Waals surface area contributed by atoms with Crippen LogP contribution in [-0.4, -0.2) is 30.3 Å². The zero-order valence-corrected chi connectivity index (χ0v) is 10.8. The van der Waals surface area contributed by atoms with Gasteiger partial charge in [0.15, 0.2) is 0 Å². The molecule has 2 rings (SSSR count). The van der Waals surface area contributed by atoms with Gasteiger partial charge >= 0.3 is 25.2 Å². The summed E-state index contributed by atoms with van der Waals surface area (Å²) in [6.07, 6.45) is -3.94. The average Bonchev–Trinajstić information content (AvgIpc) is 2.20. The fourth-order valence-electron chi connectivity index (χ4n) is 1.98. The Morgan fingerprint density at radius 2 is 2.00 bits per heavy atom. The van der Waals surface area contributed by atoms with E-state index in [4.69, 9.17) is 0 Å². The summed E-state index contributed by atoms with van der Waals surface area (Å²) in [5, 5.41) is 11.1. The normalized spacial score (nSPS) is 16.8. The number of halogens is 3. The molecule has 1 aromatic rings. The van der Waals surface area contributed by atoms with Crippen molar-refractivity contribution in [2.75, 3.05) is 13.1 Å². The molecular formula is C12H11F3LiNO3. The number of carbonyl (C=O) groups is 1. The summed E-state index contributed by atoms with van der Waals surface area (Å²) < 4.78 is 40.1. The summed E-state index contributed by atoms with van der Waals surface area (Å²) in [6.45, 7) is 1.17. The third-order valence-corrected chi connectivity index (χ3v) is 2.89. The van der Waals surface area contributed by atoms with Gasteiger partial charge in [0.05, 0.1) is 12.0 Å². The fraction of sp³-hybridized carbons (Fsp3) is 0.417. The number of carboxylic acids is 1. The van der Waals surface area contributed by atoms with E-state index in [1.165, 1.54) is 12.1 Å². The van der Waals surface area contributed by atoms with E-state index >= 15 is 0 Å². The third-order valence-electron chi connectivity index (χ3n) is 2.89. The Bertz CT molecular complexity index is 477. The van der Waals surface area contributed by atoms with E-state index in [1.807, 2.05) is 0 Å². The first-order valence-corrected chi connectivity index (χ1v) is 5.67. The fourth-order valence-corrected chi connectivity index (χ4v) is 1.98. The summed E-state index contributed by atoms with van der Waals surface area (Å²) >= 11 is 0. The Morgan fingerprint density at radius 3 is 2.45 bits per heavy atom. The molecule has 104 valence electrons. The number of alkyl halides is 3. The predicted octanol–water partition coefficient (Wildman–Crippen LogP) is -1.91. The molecule has 8 heteroatoms. The summed E-state index contributed by atoms with van der Waals surface area (Å²) in [6, 6.07) is 3.94. The van der Waals surface area contributed by atoms with E-state index in [0.717, 1.165) is 18.6 Å². The molecule has 0 aromatic heterocycles. The Kier molecular flexibility index (Phi) is 5.51. The molecule has 20 heavy (non-hydrogen) atoms. The molecule has 1 atom stereocenters. The zero-order chi connectivity index (χ0) is 14.0. The van der Waals surface area contributed by atoms with Crippen LogP contribution in [0.25, 0.3) is 0 Å². The number of likely N-dealkylation sites (tertiary alicyclic amines) is 1. The van der Waals surface area contributed by atoms with Crippen molar-refractivity contribution in [1.82, 2.24) is 4.90 Å². The van der Waals surface area contributed by atoms with Gasteiger partial charge in [0.1, 0.15) is 5.75 Å². The van der Waals surface area contributed by atoms with E-state index < -0.39 is 24.1 Å². The largest absolute Gasteiger partial charge is 1.00 e. The number of hydrogen-bond donors (Lipinski definition) is 0. The van der Waals surface area contributed by atoms with Gasteiger partial charge in [-0.15, -0.1) is 13.2 Å². The van der Waals surface area contributed by atoms with Crippen LogP contribution in [0.5, 0.6) is 5.75 Å². The van der Waals surface area contributed by atoms with Crippen molar-refractivity contribution in [2.24, 2.45) is 0 Å². The molecule has 0 aliphatic carbocycles. The van der Waals surface area contributed by atoms with Crippen molar-refractivity contribution in [3.05, 3.63) is 29.8 Å². The van der Waals surface area contributed by atoms with E-state index in [0.29, 0.717) is 13.1 Å². The number of carboxylic acid groups (broad SMARTS) is 1. The molecule has 1 aliphatic heterocycles. The SMILES string of the molecule is O=C([O-])C(c1cccc(OC(F)(F)F)c1)N1CCC1.[Li+]. The maximum Gasteiger partial charge on any atom is 1.00 e. The second-order valence-corrected chi connectivity index (χ2v) is 4.23. The number of hydrogen-bond acceptors (Lipinski definition) is 4. The van der Waals surface area contributed by atoms with Crippen molar-refractivity contribution in [1.29, 1.82) is 0 Å². The van der Waals surface area contributed by atoms with Crippen LogP contribution < -0.4 is 28.7 Å². The first-order chi connectivity index (χ1) is 8.87. The number of carbonyl (C=O) groups excluding carboxylic acids is 1. The molecule has 1 aliphatic rings. The standard InChI is InChI=1S/C12H12F3NO3.Li/c13-12(14,15)19-9-4-1-3-8(7-9)10(11(17)18)16-5-2-6-16;/h1,3-4,7,10H,2,5-6H2,(H,17,18);/q;+1/p-1. The molecule has 1 aromatic carbocycles. The average molecular weight is 281 g/mol. The van der Waals surface area contributed by atoms with Gasteiger partial charge in [-0.25, -0.2) is 0 Å². The maximum absolute atomic E-state index is 12.1. The molecule has 4 nitrogen and oxygen atoms in total. The van der Waals surface area contributed by atoms with Crippen molar-refractivity contribution in [3.63, 3.8) is 0 Å². The minimum Gasteiger partial charge on any atom is -0.548 e. The number of rotatable bonds is 4. The molecule has 1 unspecified atom stereocenters. The first-order valence-electron chi connectivity index (χ1n) is 5.67. The molecule has 0 N–H and O–H groups in total. The second kappa shape index (κ2) is 6.53. The minimum atomic E-state index is -4.80. The van der Waals surface area contributed by atoms with Gasteiger partial charge in [-0.2, -0.15) is 0 Å². The number of aliphatic carboxylic acids is 1. The Hall–Kier alpha value is -1.16. The predicted molar refractivity (Wildman–Crippen MR) is 57.1 cm³/mol. The van der Waals surface area contributed by atoms with Crippen LogP contribution in [0.3, 0.4) is 0 Å². The first kappa shape index (κ1) is 16.9. The smallest absolute Gasteiger partial charge is 0.548 e. The Balaban J connectivity index is 0.00000200. The quantitative estimate of drug-likeness (QED) is 0.604. The maximum atomic E-state index is 12.1. The van der Waals surface area contributed by atoms with Gasteiger partial charge < -0.3 is 14.6 Å². The van der Waals surface area contributed by atoms with Crippen molar-refractivity contribution in [3.8, 4) is 5.75 Å². The van der Waals surface area contributed by atoms with Crippen LogP contribution in [0.2, 0.25) is 0 Å². The molecule has 0 spiro atoms. The third kappa shape index (κ3) is 4.17. The summed E-state index contributed by atoms with van der Waals surface area (Å²) in [5.74, 6) is -1.76. The molecule has 1 heterocycles. The number of benzene rings is 1. The molecule has 0 bridgehead atoms. The van der Waals surface area contributed by atoms with Crippen LogP contribution in [0.15, 0.2) is 24.3 Å². The summed E-state index contributed by atoms with van der Waals surface area (Å²) in [7, 11) is 0.